The summed E-state index contributed by atoms with van der Waals surface area (Å²) >= 11 is 6.14. The van der Waals surface area contributed by atoms with Crippen molar-refractivity contribution in [3.63, 3.8) is 0 Å². The molecular weight excluding hydrogens is 448 g/mol. The lowest BCUT2D eigenvalue weighted by Crippen LogP contribution is -2.49. The minimum atomic E-state index is -0.175. The number of hydrogen-bond donors (Lipinski definition) is 0. The van der Waals surface area contributed by atoms with Crippen molar-refractivity contribution in [3.05, 3.63) is 99.9 Å². The van der Waals surface area contributed by atoms with Crippen LogP contribution in [0.3, 0.4) is 0 Å². The topological polar surface area (TPSA) is 57.9 Å². The first-order valence-electron chi connectivity index (χ1n) is 11.2. The first kappa shape index (κ1) is 20.7. The van der Waals surface area contributed by atoms with Crippen LogP contribution in [0.2, 0.25) is 5.02 Å². The fourth-order valence-electron chi connectivity index (χ4n) is 4.69. The van der Waals surface area contributed by atoms with Gasteiger partial charge in [-0.25, -0.2) is 4.98 Å². The first-order valence-corrected chi connectivity index (χ1v) is 11.6. The number of carbonyl (C=O) groups excluding carboxylic acids is 1. The van der Waals surface area contributed by atoms with E-state index in [1.165, 1.54) is 4.40 Å². The zero-order chi connectivity index (χ0) is 23.2. The third kappa shape index (κ3) is 3.47. The molecule has 0 aliphatic carbocycles. The van der Waals surface area contributed by atoms with E-state index in [0.29, 0.717) is 53.3 Å². The Labute approximate surface area is 200 Å². The second kappa shape index (κ2) is 8.15. The Morgan fingerprint density at radius 1 is 0.853 bits per heavy atom. The van der Waals surface area contributed by atoms with Gasteiger partial charge in [0.25, 0.3) is 11.5 Å². The second-order valence-corrected chi connectivity index (χ2v) is 8.94. The van der Waals surface area contributed by atoms with Gasteiger partial charge in [-0.15, -0.1) is 0 Å². The van der Waals surface area contributed by atoms with E-state index < -0.39 is 0 Å². The van der Waals surface area contributed by atoms with Gasteiger partial charge in [0.05, 0.1) is 16.5 Å². The molecule has 3 aromatic carbocycles. The van der Waals surface area contributed by atoms with Crippen molar-refractivity contribution < 1.29 is 4.79 Å². The van der Waals surface area contributed by atoms with Gasteiger partial charge in [-0.05, 0) is 53.2 Å². The highest BCUT2D eigenvalue weighted by atomic mass is 35.5. The number of benzene rings is 3. The monoisotopic (exact) mass is 468 g/mol. The zero-order valence-electron chi connectivity index (χ0n) is 18.3. The zero-order valence-corrected chi connectivity index (χ0v) is 19.1. The van der Waals surface area contributed by atoms with Gasteiger partial charge in [0.2, 0.25) is 0 Å². The molecule has 0 unspecified atom stereocenters. The molecule has 3 heterocycles. The number of anilines is 1. The van der Waals surface area contributed by atoms with Gasteiger partial charge < -0.3 is 9.80 Å². The SMILES string of the molecule is O=C(c1cccn2c(=O)c3cc4ccccc4cc3nc12)N1CCN(c2cccc(Cl)c2)CC1. The van der Waals surface area contributed by atoms with Crippen molar-refractivity contribution in [2.75, 3.05) is 31.1 Å². The molecule has 2 aromatic heterocycles. The van der Waals surface area contributed by atoms with Gasteiger partial charge in [0.1, 0.15) is 0 Å². The lowest BCUT2D eigenvalue weighted by Gasteiger charge is -2.36. The number of rotatable bonds is 2. The number of amides is 1. The minimum absolute atomic E-state index is 0.115. The van der Waals surface area contributed by atoms with Gasteiger partial charge >= 0.3 is 0 Å². The van der Waals surface area contributed by atoms with Crippen LogP contribution in [-0.2, 0) is 0 Å². The molecule has 0 N–H and O–H groups in total. The summed E-state index contributed by atoms with van der Waals surface area (Å²) in [6, 6.07) is 22.9. The van der Waals surface area contributed by atoms with Crippen molar-refractivity contribution in [1.82, 2.24) is 14.3 Å². The third-order valence-corrected chi connectivity index (χ3v) is 6.71. The number of piperazine rings is 1. The number of aromatic nitrogens is 2. The summed E-state index contributed by atoms with van der Waals surface area (Å²) in [5.74, 6) is -0.115. The van der Waals surface area contributed by atoms with Crippen LogP contribution in [0.25, 0.3) is 27.3 Å². The van der Waals surface area contributed by atoms with Crippen molar-refractivity contribution in [1.29, 1.82) is 0 Å². The minimum Gasteiger partial charge on any atom is -0.368 e. The molecule has 1 amide bonds. The van der Waals surface area contributed by atoms with Gasteiger partial charge in [0, 0.05) is 43.1 Å². The van der Waals surface area contributed by atoms with E-state index in [0.717, 1.165) is 16.5 Å². The number of halogens is 1. The van der Waals surface area contributed by atoms with Crippen LogP contribution >= 0.6 is 11.6 Å². The molecule has 1 aliphatic heterocycles. The van der Waals surface area contributed by atoms with Gasteiger partial charge in [0.15, 0.2) is 5.65 Å². The Hall–Kier alpha value is -3.90. The molecule has 0 radical (unpaired) electrons. The van der Waals surface area contributed by atoms with E-state index >= 15 is 0 Å². The van der Waals surface area contributed by atoms with Crippen LogP contribution in [-0.4, -0.2) is 46.4 Å². The Bertz CT molecular complexity index is 1640. The average molecular weight is 469 g/mol. The van der Waals surface area contributed by atoms with Crippen molar-refractivity contribution in [2.45, 2.75) is 0 Å². The normalized spacial score (nSPS) is 14.3. The summed E-state index contributed by atoms with van der Waals surface area (Å²) in [6.07, 6.45) is 1.67. The predicted molar refractivity (Wildman–Crippen MR) is 136 cm³/mol. The Morgan fingerprint density at radius 3 is 2.38 bits per heavy atom. The Kier molecular flexibility index (Phi) is 4.96. The third-order valence-electron chi connectivity index (χ3n) is 6.48. The maximum absolute atomic E-state index is 13.5. The summed E-state index contributed by atoms with van der Waals surface area (Å²) in [5, 5.41) is 3.23. The molecule has 1 saturated heterocycles. The van der Waals surface area contributed by atoms with E-state index in [9.17, 15) is 9.59 Å². The van der Waals surface area contributed by atoms with E-state index in [1.54, 1.807) is 18.3 Å². The molecule has 6 rings (SSSR count). The van der Waals surface area contributed by atoms with Crippen LogP contribution in [0.5, 0.6) is 0 Å². The van der Waals surface area contributed by atoms with Crippen LogP contribution < -0.4 is 10.5 Å². The molecule has 0 saturated carbocycles. The van der Waals surface area contributed by atoms with Crippen LogP contribution in [0, 0.1) is 0 Å². The number of hydrogen-bond acceptors (Lipinski definition) is 4. The van der Waals surface area contributed by atoms with Crippen LogP contribution in [0.4, 0.5) is 5.69 Å². The summed E-state index contributed by atoms with van der Waals surface area (Å²) < 4.78 is 1.48. The van der Waals surface area contributed by atoms with Crippen molar-refractivity contribution in [2.24, 2.45) is 0 Å². The quantitative estimate of drug-likeness (QED) is 0.355. The van der Waals surface area contributed by atoms with E-state index in [-0.39, 0.29) is 11.5 Å². The molecule has 5 aromatic rings. The molecule has 168 valence electrons. The smallest absolute Gasteiger partial charge is 0.265 e. The maximum atomic E-state index is 13.5. The molecule has 34 heavy (non-hydrogen) atoms. The highest BCUT2D eigenvalue weighted by Gasteiger charge is 2.25. The number of fused-ring (bicyclic) bond motifs is 3. The number of carbonyl (C=O) groups is 1. The van der Waals surface area contributed by atoms with Crippen LogP contribution in [0.15, 0.2) is 83.8 Å². The highest BCUT2D eigenvalue weighted by Crippen LogP contribution is 2.23. The molecule has 1 aliphatic rings. The van der Waals surface area contributed by atoms with Crippen LogP contribution in [0.1, 0.15) is 10.4 Å². The van der Waals surface area contributed by atoms with E-state index in [4.69, 9.17) is 16.6 Å². The summed E-state index contributed by atoms with van der Waals surface area (Å²) in [5.41, 5.74) is 2.29. The van der Waals surface area contributed by atoms with Gasteiger partial charge in [-0.2, -0.15) is 0 Å². The largest absolute Gasteiger partial charge is 0.368 e. The second-order valence-electron chi connectivity index (χ2n) is 8.51. The Morgan fingerprint density at radius 2 is 1.62 bits per heavy atom. The molecule has 0 atom stereocenters. The summed E-state index contributed by atoms with van der Waals surface area (Å²) in [6.45, 7) is 2.57. The number of pyridine rings is 1. The fraction of sp³-hybridized carbons (Fsp3) is 0.148. The molecule has 0 bridgehead atoms. The highest BCUT2D eigenvalue weighted by molar-refractivity contribution is 6.30. The molecule has 7 heteroatoms. The predicted octanol–water partition coefficient (Wildman–Crippen LogP) is 4.62. The molecule has 0 spiro atoms. The fourth-order valence-corrected chi connectivity index (χ4v) is 4.88. The first-order chi connectivity index (χ1) is 16.6. The average Bonchev–Trinajstić information content (AvgIpc) is 2.87. The summed E-state index contributed by atoms with van der Waals surface area (Å²) in [7, 11) is 0. The maximum Gasteiger partial charge on any atom is 0.265 e. The number of nitrogens with zero attached hydrogens (tertiary/aromatic N) is 4. The summed E-state index contributed by atoms with van der Waals surface area (Å²) in [4.78, 5) is 35.6. The molecule has 6 nitrogen and oxygen atoms in total. The molecular formula is C27H21ClN4O2. The van der Waals surface area contributed by atoms with E-state index in [2.05, 4.69) is 4.90 Å². The lowest BCUT2D eigenvalue weighted by atomic mass is 10.1. The standard InChI is InChI=1S/C27H21ClN4O2/c28-20-7-3-8-21(17-20)30-11-13-31(14-12-30)26(33)22-9-4-10-32-25(22)29-24-16-19-6-2-1-5-18(19)15-23(24)27(32)34/h1-10,15-17H,11-14H2. The Balaban J connectivity index is 1.36. The lowest BCUT2D eigenvalue weighted by molar-refractivity contribution is 0.0748. The van der Waals surface area contributed by atoms with Gasteiger partial charge in [-0.1, -0.05) is 41.9 Å². The molecule has 1 fully saturated rings. The van der Waals surface area contributed by atoms with Crippen molar-refractivity contribution in [3.8, 4) is 0 Å². The van der Waals surface area contributed by atoms with E-state index in [1.807, 2.05) is 65.6 Å². The van der Waals surface area contributed by atoms with Gasteiger partial charge in [-0.3, -0.25) is 14.0 Å². The van der Waals surface area contributed by atoms with Crippen molar-refractivity contribution >= 4 is 50.5 Å².